The Morgan fingerprint density at radius 3 is 2.42 bits per heavy atom. The number of hydrogen-bond acceptors (Lipinski definition) is 4. The van der Waals surface area contributed by atoms with E-state index in [1.54, 1.807) is 50.5 Å². The molecule has 0 spiro atoms. The van der Waals surface area contributed by atoms with Crippen LogP contribution >= 0.6 is 11.6 Å². The Morgan fingerprint density at radius 2 is 1.83 bits per heavy atom. The number of carbonyl (C=O) groups is 1. The summed E-state index contributed by atoms with van der Waals surface area (Å²) in [5.41, 5.74) is 0.376. The van der Waals surface area contributed by atoms with E-state index in [0.29, 0.717) is 16.5 Å². The summed E-state index contributed by atoms with van der Waals surface area (Å²) >= 11 is 5.82. The summed E-state index contributed by atoms with van der Waals surface area (Å²) < 4.78 is 32.3. The summed E-state index contributed by atoms with van der Waals surface area (Å²) in [6.45, 7) is -0.0827. The molecule has 0 saturated heterocycles. The van der Waals surface area contributed by atoms with Gasteiger partial charge in [-0.05, 0) is 42.5 Å². The normalized spacial score (nSPS) is 11.0. The third-order valence-corrected chi connectivity index (χ3v) is 4.69. The minimum absolute atomic E-state index is 0.0758. The molecular formula is C16H17ClN2O4S. The van der Waals surface area contributed by atoms with Crippen molar-refractivity contribution in [2.75, 3.05) is 25.4 Å². The molecule has 2 aromatic carbocycles. The molecule has 6 nitrogen and oxygen atoms in total. The summed E-state index contributed by atoms with van der Waals surface area (Å²) in [4.78, 5) is 13.0. The van der Waals surface area contributed by atoms with Crippen molar-refractivity contribution in [1.29, 1.82) is 0 Å². The average molecular weight is 369 g/mol. The van der Waals surface area contributed by atoms with Crippen LogP contribution in [0.3, 0.4) is 0 Å². The zero-order valence-corrected chi connectivity index (χ0v) is 14.8. The van der Waals surface area contributed by atoms with Crippen LogP contribution in [0.5, 0.6) is 5.75 Å². The first-order valence-corrected chi connectivity index (χ1v) is 8.85. The van der Waals surface area contributed by atoms with Gasteiger partial charge in [0, 0.05) is 24.8 Å². The van der Waals surface area contributed by atoms with Crippen LogP contribution in [-0.4, -0.2) is 39.9 Å². The first-order valence-electron chi connectivity index (χ1n) is 6.99. The third-order valence-electron chi connectivity index (χ3n) is 3.07. The van der Waals surface area contributed by atoms with Gasteiger partial charge in [-0.3, -0.25) is 9.52 Å². The van der Waals surface area contributed by atoms with Crippen LogP contribution in [0.15, 0.2) is 53.4 Å². The average Bonchev–Trinajstić information content (AvgIpc) is 2.53. The summed E-state index contributed by atoms with van der Waals surface area (Å²) in [7, 11) is -0.445. The Labute approximate surface area is 146 Å². The van der Waals surface area contributed by atoms with E-state index in [0.717, 1.165) is 0 Å². The number of anilines is 1. The fourth-order valence-electron chi connectivity index (χ4n) is 1.74. The first-order chi connectivity index (χ1) is 11.3. The Bertz CT molecular complexity index is 820. The Morgan fingerprint density at radius 1 is 1.17 bits per heavy atom. The highest BCUT2D eigenvalue weighted by molar-refractivity contribution is 7.92. The van der Waals surface area contributed by atoms with E-state index in [1.165, 1.54) is 17.0 Å². The van der Waals surface area contributed by atoms with Crippen molar-refractivity contribution in [2.24, 2.45) is 0 Å². The van der Waals surface area contributed by atoms with E-state index in [1.807, 2.05) is 0 Å². The van der Waals surface area contributed by atoms with Gasteiger partial charge in [-0.15, -0.1) is 0 Å². The number of carbonyl (C=O) groups excluding carboxylic acids is 1. The molecule has 0 bridgehead atoms. The lowest BCUT2D eigenvalue weighted by atomic mass is 10.3. The van der Waals surface area contributed by atoms with Crippen LogP contribution in [0.4, 0.5) is 5.69 Å². The summed E-state index contributed by atoms with van der Waals surface area (Å²) in [6, 6.07) is 12.3. The maximum atomic E-state index is 12.3. The number of ether oxygens (including phenoxy) is 1. The van der Waals surface area contributed by atoms with Crippen LogP contribution in [0, 0.1) is 0 Å². The molecule has 0 heterocycles. The van der Waals surface area contributed by atoms with Crippen LogP contribution in [0.25, 0.3) is 0 Å². The Kier molecular flexibility index (Phi) is 5.69. The maximum Gasteiger partial charge on any atom is 0.261 e. The standard InChI is InChI=1S/C16H17ClN2O4S/c1-19(2)16(20)11-23-14-8-6-13(7-9-14)18-24(21,22)15-5-3-4-12(17)10-15/h3-10,18H,11H2,1-2H3. The van der Waals surface area contributed by atoms with Gasteiger partial charge in [-0.2, -0.15) is 0 Å². The Balaban J connectivity index is 2.04. The van der Waals surface area contributed by atoms with E-state index < -0.39 is 10.0 Å². The summed E-state index contributed by atoms with van der Waals surface area (Å²) in [5.74, 6) is 0.302. The molecule has 1 amide bonds. The van der Waals surface area contributed by atoms with Crippen molar-refractivity contribution >= 4 is 33.2 Å². The highest BCUT2D eigenvalue weighted by atomic mass is 35.5. The van der Waals surface area contributed by atoms with Gasteiger partial charge in [-0.25, -0.2) is 8.42 Å². The zero-order chi connectivity index (χ0) is 17.7. The van der Waals surface area contributed by atoms with Gasteiger partial charge in [0.05, 0.1) is 4.90 Å². The molecule has 0 atom stereocenters. The number of rotatable bonds is 6. The second kappa shape index (κ2) is 7.55. The van der Waals surface area contributed by atoms with E-state index >= 15 is 0 Å². The fraction of sp³-hybridized carbons (Fsp3) is 0.188. The molecule has 0 saturated carbocycles. The number of likely N-dealkylation sites (N-methyl/N-ethyl adjacent to an activating group) is 1. The van der Waals surface area contributed by atoms with Crippen LogP contribution in [0.2, 0.25) is 5.02 Å². The minimum Gasteiger partial charge on any atom is -0.484 e. The first kappa shape index (κ1) is 18.1. The number of nitrogens with one attached hydrogen (secondary N) is 1. The van der Waals surface area contributed by atoms with Crippen molar-refractivity contribution in [1.82, 2.24) is 4.90 Å². The smallest absolute Gasteiger partial charge is 0.261 e. The topological polar surface area (TPSA) is 75.7 Å². The van der Waals surface area contributed by atoms with E-state index in [9.17, 15) is 13.2 Å². The van der Waals surface area contributed by atoms with Crippen molar-refractivity contribution in [3.63, 3.8) is 0 Å². The lowest BCUT2D eigenvalue weighted by Gasteiger charge is -2.12. The molecule has 0 aliphatic rings. The zero-order valence-electron chi connectivity index (χ0n) is 13.2. The lowest BCUT2D eigenvalue weighted by molar-refractivity contribution is -0.130. The second-order valence-electron chi connectivity index (χ2n) is 5.16. The number of nitrogens with zero attached hydrogens (tertiary/aromatic N) is 1. The molecule has 24 heavy (non-hydrogen) atoms. The maximum absolute atomic E-state index is 12.3. The minimum atomic E-state index is -3.72. The van der Waals surface area contributed by atoms with Crippen molar-refractivity contribution in [3.05, 3.63) is 53.6 Å². The number of benzene rings is 2. The molecule has 0 aliphatic heterocycles. The highest BCUT2D eigenvalue weighted by Gasteiger charge is 2.14. The molecule has 128 valence electrons. The van der Waals surface area contributed by atoms with Crippen LogP contribution in [0.1, 0.15) is 0 Å². The van der Waals surface area contributed by atoms with Gasteiger partial charge in [0.2, 0.25) is 0 Å². The predicted octanol–water partition coefficient (Wildman–Crippen LogP) is 2.61. The van der Waals surface area contributed by atoms with E-state index in [2.05, 4.69) is 4.72 Å². The molecule has 0 radical (unpaired) electrons. The molecule has 0 aromatic heterocycles. The molecule has 2 rings (SSSR count). The van der Waals surface area contributed by atoms with Gasteiger partial charge >= 0.3 is 0 Å². The van der Waals surface area contributed by atoms with Gasteiger partial charge < -0.3 is 9.64 Å². The SMILES string of the molecule is CN(C)C(=O)COc1ccc(NS(=O)(=O)c2cccc(Cl)c2)cc1. The molecular weight excluding hydrogens is 352 g/mol. The van der Waals surface area contributed by atoms with Crippen molar-refractivity contribution < 1.29 is 17.9 Å². The summed E-state index contributed by atoms with van der Waals surface area (Å²) in [5, 5.41) is 0.340. The number of halogens is 1. The van der Waals surface area contributed by atoms with Gasteiger partial charge in [0.1, 0.15) is 5.75 Å². The number of sulfonamides is 1. The van der Waals surface area contributed by atoms with Crippen LogP contribution < -0.4 is 9.46 Å². The van der Waals surface area contributed by atoms with Crippen molar-refractivity contribution in [3.8, 4) is 5.75 Å². The van der Waals surface area contributed by atoms with Gasteiger partial charge in [-0.1, -0.05) is 17.7 Å². The second-order valence-corrected chi connectivity index (χ2v) is 7.28. The van der Waals surface area contributed by atoms with Crippen LogP contribution in [-0.2, 0) is 14.8 Å². The van der Waals surface area contributed by atoms with E-state index in [4.69, 9.17) is 16.3 Å². The summed E-state index contributed by atoms with van der Waals surface area (Å²) in [6.07, 6.45) is 0. The van der Waals surface area contributed by atoms with Gasteiger partial charge in [0.15, 0.2) is 6.61 Å². The highest BCUT2D eigenvalue weighted by Crippen LogP contribution is 2.21. The van der Waals surface area contributed by atoms with Crippen molar-refractivity contribution in [2.45, 2.75) is 4.90 Å². The third kappa shape index (κ3) is 4.87. The largest absolute Gasteiger partial charge is 0.484 e. The lowest BCUT2D eigenvalue weighted by Crippen LogP contribution is -2.27. The predicted molar refractivity (Wildman–Crippen MR) is 92.9 cm³/mol. The molecule has 8 heteroatoms. The molecule has 0 fully saturated rings. The van der Waals surface area contributed by atoms with Gasteiger partial charge in [0.25, 0.3) is 15.9 Å². The molecule has 0 unspecified atom stereocenters. The number of amides is 1. The number of hydrogen-bond donors (Lipinski definition) is 1. The quantitative estimate of drug-likeness (QED) is 0.850. The van der Waals surface area contributed by atoms with E-state index in [-0.39, 0.29) is 17.4 Å². The molecule has 1 N–H and O–H groups in total. The molecule has 2 aromatic rings. The Hall–Kier alpha value is -2.25. The fourth-order valence-corrected chi connectivity index (χ4v) is 3.10. The molecule has 0 aliphatic carbocycles. The monoisotopic (exact) mass is 368 g/mol.